The van der Waals surface area contributed by atoms with Gasteiger partial charge in [0.2, 0.25) is 0 Å². The molecule has 0 aromatic rings. The molecule has 2 fully saturated rings. The van der Waals surface area contributed by atoms with Crippen LogP contribution in [0.15, 0.2) is 0 Å². The molecule has 2 aliphatic carbocycles. The summed E-state index contributed by atoms with van der Waals surface area (Å²) in [6.07, 6.45) is 9.48. The van der Waals surface area contributed by atoms with Crippen molar-refractivity contribution < 1.29 is 0 Å². The summed E-state index contributed by atoms with van der Waals surface area (Å²) in [5, 5.41) is 8.99. The summed E-state index contributed by atoms with van der Waals surface area (Å²) in [6.45, 7) is 6.61. The third-order valence-corrected chi connectivity index (χ3v) is 5.32. The van der Waals surface area contributed by atoms with Crippen molar-refractivity contribution in [2.75, 3.05) is 20.1 Å². The number of hydrogen-bond acceptors (Lipinski definition) is 2. The second-order valence-corrected chi connectivity index (χ2v) is 7.65. The van der Waals surface area contributed by atoms with E-state index in [-0.39, 0.29) is 5.41 Å². The van der Waals surface area contributed by atoms with Crippen molar-refractivity contribution in [2.45, 2.75) is 58.8 Å². The van der Waals surface area contributed by atoms with E-state index in [1.807, 2.05) is 13.8 Å². The summed E-state index contributed by atoms with van der Waals surface area (Å²) in [5.41, 5.74) is -0.136. The molecule has 2 heteroatoms. The van der Waals surface area contributed by atoms with Gasteiger partial charge in [-0.05, 0) is 77.3 Å². The maximum Gasteiger partial charge on any atom is 0.0683 e. The highest BCUT2D eigenvalue weighted by Gasteiger charge is 2.39. The number of nitriles is 1. The molecule has 2 aliphatic rings. The van der Waals surface area contributed by atoms with Gasteiger partial charge in [0.1, 0.15) is 0 Å². The largest absolute Gasteiger partial charge is 0.306 e. The van der Waals surface area contributed by atoms with Crippen LogP contribution in [0, 0.1) is 34.5 Å². The van der Waals surface area contributed by atoms with E-state index in [1.165, 1.54) is 51.6 Å². The highest BCUT2D eigenvalue weighted by Crippen LogP contribution is 2.48. The summed E-state index contributed by atoms with van der Waals surface area (Å²) in [5.74, 6) is 3.10. The molecule has 3 unspecified atom stereocenters. The third kappa shape index (κ3) is 4.21. The SMILES string of the molecule is CN(CCCCC(C)(C)C#N)CC1CC2CCC1C2. The third-order valence-electron chi connectivity index (χ3n) is 5.32. The minimum Gasteiger partial charge on any atom is -0.306 e. The molecular weight excluding hydrogens is 232 g/mol. The van der Waals surface area contributed by atoms with Crippen LogP contribution >= 0.6 is 0 Å². The molecule has 2 nitrogen and oxygen atoms in total. The van der Waals surface area contributed by atoms with E-state index in [0.717, 1.165) is 24.2 Å². The summed E-state index contributed by atoms with van der Waals surface area (Å²) in [4.78, 5) is 2.53. The second kappa shape index (κ2) is 6.27. The van der Waals surface area contributed by atoms with E-state index in [2.05, 4.69) is 18.0 Å². The lowest BCUT2D eigenvalue weighted by Crippen LogP contribution is -2.29. The molecule has 0 heterocycles. The first-order valence-electron chi connectivity index (χ1n) is 8.10. The molecule has 0 spiro atoms. The van der Waals surface area contributed by atoms with Crippen LogP contribution < -0.4 is 0 Å². The predicted octanol–water partition coefficient (Wildman–Crippen LogP) is 4.07. The van der Waals surface area contributed by atoms with Crippen molar-refractivity contribution in [3.8, 4) is 6.07 Å². The summed E-state index contributed by atoms with van der Waals surface area (Å²) in [6, 6.07) is 2.39. The number of fused-ring (bicyclic) bond motifs is 2. The number of rotatable bonds is 7. The van der Waals surface area contributed by atoms with Crippen LogP contribution in [0.3, 0.4) is 0 Å². The van der Waals surface area contributed by atoms with Gasteiger partial charge in [0.05, 0.1) is 11.5 Å². The van der Waals surface area contributed by atoms with Crippen molar-refractivity contribution in [1.82, 2.24) is 4.90 Å². The first-order valence-corrected chi connectivity index (χ1v) is 8.10. The van der Waals surface area contributed by atoms with Crippen molar-refractivity contribution in [3.63, 3.8) is 0 Å². The topological polar surface area (TPSA) is 27.0 Å². The van der Waals surface area contributed by atoms with Gasteiger partial charge in [-0.15, -0.1) is 0 Å². The van der Waals surface area contributed by atoms with Gasteiger partial charge in [0, 0.05) is 6.54 Å². The molecule has 0 aliphatic heterocycles. The molecule has 0 saturated heterocycles. The minimum absolute atomic E-state index is 0.136. The van der Waals surface area contributed by atoms with Gasteiger partial charge in [0.25, 0.3) is 0 Å². The maximum absolute atomic E-state index is 8.99. The Kier molecular flexibility index (Phi) is 4.90. The fourth-order valence-electron chi connectivity index (χ4n) is 4.10. The molecule has 0 aromatic carbocycles. The quantitative estimate of drug-likeness (QED) is 0.647. The molecule has 2 bridgehead atoms. The van der Waals surface area contributed by atoms with Crippen molar-refractivity contribution >= 4 is 0 Å². The van der Waals surface area contributed by atoms with Crippen molar-refractivity contribution in [2.24, 2.45) is 23.2 Å². The summed E-state index contributed by atoms with van der Waals surface area (Å²) < 4.78 is 0. The molecule has 0 N–H and O–H groups in total. The highest BCUT2D eigenvalue weighted by molar-refractivity contribution is 4.92. The Morgan fingerprint density at radius 2 is 2.00 bits per heavy atom. The van der Waals surface area contributed by atoms with Gasteiger partial charge in [-0.3, -0.25) is 0 Å². The standard InChI is InChI=1S/C17H30N2/c1-17(2,13-18)8-4-5-9-19(3)12-16-11-14-6-7-15(16)10-14/h14-16H,4-12H2,1-3H3. The molecule has 0 radical (unpaired) electrons. The zero-order chi connectivity index (χ0) is 13.9. The van der Waals surface area contributed by atoms with Gasteiger partial charge in [0.15, 0.2) is 0 Å². The van der Waals surface area contributed by atoms with Crippen LogP contribution in [-0.2, 0) is 0 Å². The van der Waals surface area contributed by atoms with Gasteiger partial charge in [-0.2, -0.15) is 5.26 Å². The molecule has 19 heavy (non-hydrogen) atoms. The fourth-order valence-corrected chi connectivity index (χ4v) is 4.10. The molecule has 3 atom stereocenters. The van der Waals surface area contributed by atoms with Crippen LogP contribution in [0.5, 0.6) is 0 Å². The molecule has 2 rings (SSSR count). The molecule has 2 saturated carbocycles. The van der Waals surface area contributed by atoms with Gasteiger partial charge >= 0.3 is 0 Å². The van der Waals surface area contributed by atoms with E-state index < -0.39 is 0 Å². The first kappa shape index (κ1) is 14.9. The number of hydrogen-bond donors (Lipinski definition) is 0. The molecule has 0 aromatic heterocycles. The lowest BCUT2D eigenvalue weighted by atomic mass is 9.88. The molecular formula is C17H30N2. The Hall–Kier alpha value is -0.550. The van der Waals surface area contributed by atoms with Crippen molar-refractivity contribution in [1.29, 1.82) is 5.26 Å². The second-order valence-electron chi connectivity index (χ2n) is 7.65. The van der Waals surface area contributed by atoms with E-state index in [4.69, 9.17) is 5.26 Å². The lowest BCUT2D eigenvalue weighted by Gasteiger charge is -2.27. The zero-order valence-corrected chi connectivity index (χ0v) is 13.0. The Labute approximate surface area is 119 Å². The average Bonchev–Trinajstić information content (AvgIpc) is 2.97. The Morgan fingerprint density at radius 1 is 1.21 bits per heavy atom. The lowest BCUT2D eigenvalue weighted by molar-refractivity contribution is 0.215. The molecule has 108 valence electrons. The molecule has 0 amide bonds. The van der Waals surface area contributed by atoms with E-state index in [1.54, 1.807) is 0 Å². The van der Waals surface area contributed by atoms with Crippen LogP contribution in [0.2, 0.25) is 0 Å². The van der Waals surface area contributed by atoms with Crippen LogP contribution in [-0.4, -0.2) is 25.0 Å². The smallest absolute Gasteiger partial charge is 0.0683 e. The van der Waals surface area contributed by atoms with E-state index in [0.29, 0.717) is 0 Å². The van der Waals surface area contributed by atoms with Gasteiger partial charge in [-0.25, -0.2) is 0 Å². The highest BCUT2D eigenvalue weighted by atomic mass is 15.1. The monoisotopic (exact) mass is 262 g/mol. The van der Waals surface area contributed by atoms with Crippen LogP contribution in [0.1, 0.15) is 58.8 Å². The van der Waals surface area contributed by atoms with Gasteiger partial charge in [-0.1, -0.05) is 12.8 Å². The van der Waals surface area contributed by atoms with E-state index >= 15 is 0 Å². The van der Waals surface area contributed by atoms with E-state index in [9.17, 15) is 0 Å². The van der Waals surface area contributed by atoms with Crippen LogP contribution in [0.25, 0.3) is 0 Å². The zero-order valence-electron chi connectivity index (χ0n) is 13.0. The number of nitrogens with zero attached hydrogens (tertiary/aromatic N) is 2. The summed E-state index contributed by atoms with van der Waals surface area (Å²) >= 11 is 0. The predicted molar refractivity (Wildman–Crippen MR) is 79.7 cm³/mol. The number of unbranched alkanes of at least 4 members (excludes halogenated alkanes) is 1. The summed E-state index contributed by atoms with van der Waals surface area (Å²) in [7, 11) is 2.28. The first-order chi connectivity index (χ1) is 9.00. The van der Waals surface area contributed by atoms with Crippen LogP contribution in [0.4, 0.5) is 0 Å². The van der Waals surface area contributed by atoms with Gasteiger partial charge < -0.3 is 4.90 Å². The Morgan fingerprint density at radius 3 is 2.58 bits per heavy atom. The Bertz CT molecular complexity index is 329. The maximum atomic E-state index is 8.99. The van der Waals surface area contributed by atoms with Crippen molar-refractivity contribution in [3.05, 3.63) is 0 Å². The normalized spacial score (nSPS) is 29.9. The average molecular weight is 262 g/mol. The fraction of sp³-hybridized carbons (Fsp3) is 0.941. The minimum atomic E-state index is -0.136. The Balaban J connectivity index is 1.58.